The van der Waals surface area contributed by atoms with Crippen molar-refractivity contribution < 1.29 is 28.1 Å². The summed E-state index contributed by atoms with van der Waals surface area (Å²) in [6, 6.07) is 8.01. The molecule has 138 valence electrons. The molecule has 3 atom stereocenters. The second-order valence-electron chi connectivity index (χ2n) is 6.77. The quantitative estimate of drug-likeness (QED) is 0.638. The van der Waals surface area contributed by atoms with Crippen LogP contribution < -0.4 is 5.32 Å². The van der Waals surface area contributed by atoms with E-state index in [-0.39, 0.29) is 23.5 Å². The third kappa shape index (κ3) is 2.86. The van der Waals surface area contributed by atoms with Gasteiger partial charge in [-0.1, -0.05) is 6.07 Å². The molecule has 26 heavy (non-hydrogen) atoms. The highest BCUT2D eigenvalue weighted by molar-refractivity contribution is 5.59. The average Bonchev–Trinajstić information content (AvgIpc) is 2.62. The first kappa shape index (κ1) is 17.0. The van der Waals surface area contributed by atoms with Crippen LogP contribution in [0.3, 0.4) is 0 Å². The van der Waals surface area contributed by atoms with Crippen LogP contribution in [0.4, 0.5) is 18.9 Å². The summed E-state index contributed by atoms with van der Waals surface area (Å²) in [6.07, 6.45) is -3.24. The molecule has 2 aromatic carbocycles. The van der Waals surface area contributed by atoms with Crippen molar-refractivity contribution in [3.63, 3.8) is 0 Å². The lowest BCUT2D eigenvalue weighted by Crippen LogP contribution is -2.36. The van der Waals surface area contributed by atoms with Gasteiger partial charge in [0.05, 0.1) is 17.7 Å². The second-order valence-corrected chi connectivity index (χ2v) is 6.77. The first-order valence-corrected chi connectivity index (χ1v) is 8.46. The molecule has 2 heterocycles. The summed E-state index contributed by atoms with van der Waals surface area (Å²) in [5.41, 5.74) is 1.18. The first-order chi connectivity index (χ1) is 12.3. The maximum atomic E-state index is 13.1. The van der Waals surface area contributed by atoms with Gasteiger partial charge in [0.2, 0.25) is 0 Å². The molecular weight excluding hydrogens is 347 g/mol. The van der Waals surface area contributed by atoms with E-state index in [1.807, 2.05) is 0 Å². The largest absolute Gasteiger partial charge is 0.504 e. The van der Waals surface area contributed by atoms with E-state index in [0.29, 0.717) is 17.9 Å². The van der Waals surface area contributed by atoms with Crippen LogP contribution in [0.15, 0.2) is 36.4 Å². The third-order valence-corrected chi connectivity index (χ3v) is 5.15. The fraction of sp³-hybridized carbons (Fsp3) is 0.368. The van der Waals surface area contributed by atoms with Crippen molar-refractivity contribution >= 4 is 5.69 Å². The van der Waals surface area contributed by atoms with Gasteiger partial charge in [-0.2, -0.15) is 13.2 Å². The highest BCUT2D eigenvalue weighted by Crippen LogP contribution is 2.50. The van der Waals surface area contributed by atoms with Gasteiger partial charge in [0, 0.05) is 23.8 Å². The zero-order valence-electron chi connectivity index (χ0n) is 13.8. The molecule has 2 aliphatic rings. The topological polar surface area (TPSA) is 61.7 Å². The molecule has 1 fully saturated rings. The minimum atomic E-state index is -4.40. The molecule has 0 unspecified atom stereocenters. The van der Waals surface area contributed by atoms with E-state index in [1.54, 1.807) is 6.07 Å². The monoisotopic (exact) mass is 365 g/mol. The minimum Gasteiger partial charge on any atom is -0.504 e. The zero-order valence-corrected chi connectivity index (χ0v) is 13.8. The Labute approximate surface area is 148 Å². The summed E-state index contributed by atoms with van der Waals surface area (Å²) < 4.78 is 45.1. The molecule has 4 nitrogen and oxygen atoms in total. The highest BCUT2D eigenvalue weighted by atomic mass is 19.4. The molecule has 2 aromatic rings. The Kier molecular flexibility index (Phi) is 3.99. The molecule has 0 saturated carbocycles. The van der Waals surface area contributed by atoms with Gasteiger partial charge in [-0.05, 0) is 48.7 Å². The lowest BCUT2D eigenvalue weighted by atomic mass is 9.77. The van der Waals surface area contributed by atoms with Gasteiger partial charge in [-0.25, -0.2) is 0 Å². The number of anilines is 1. The summed E-state index contributed by atoms with van der Waals surface area (Å²) in [5.74, 6) is -0.504. The van der Waals surface area contributed by atoms with E-state index in [0.717, 1.165) is 30.5 Å². The van der Waals surface area contributed by atoms with E-state index in [2.05, 4.69) is 5.32 Å². The van der Waals surface area contributed by atoms with Crippen molar-refractivity contribution in [1.82, 2.24) is 0 Å². The molecule has 0 radical (unpaired) electrons. The van der Waals surface area contributed by atoms with Crippen LogP contribution in [0.5, 0.6) is 11.5 Å². The van der Waals surface area contributed by atoms with Crippen molar-refractivity contribution in [3.05, 3.63) is 53.1 Å². The third-order valence-electron chi connectivity index (χ3n) is 5.15. The zero-order chi connectivity index (χ0) is 18.5. The molecule has 4 rings (SSSR count). The van der Waals surface area contributed by atoms with E-state index in [1.165, 1.54) is 18.2 Å². The Morgan fingerprint density at radius 3 is 2.58 bits per heavy atom. The standard InChI is InChI=1S/C19H18F3NO3/c20-19(21,22)11-4-5-14-13(9-11)18-12(2-1-7-26-18)17(23-14)10-3-6-15(24)16(25)8-10/h3-6,8-9,12,17-18,23-25H,1-2,7H2/t12-,17-,18-/m0/s1. The van der Waals surface area contributed by atoms with E-state index in [9.17, 15) is 23.4 Å². The molecule has 0 aromatic heterocycles. The van der Waals surface area contributed by atoms with Gasteiger partial charge < -0.3 is 20.3 Å². The van der Waals surface area contributed by atoms with Gasteiger partial charge in [0.1, 0.15) is 0 Å². The lowest BCUT2D eigenvalue weighted by molar-refractivity contribution is -0.137. The predicted molar refractivity (Wildman–Crippen MR) is 89.0 cm³/mol. The minimum absolute atomic E-state index is 0.0660. The van der Waals surface area contributed by atoms with Gasteiger partial charge in [-0.3, -0.25) is 0 Å². The molecule has 7 heteroatoms. The maximum Gasteiger partial charge on any atom is 0.416 e. The number of hydrogen-bond donors (Lipinski definition) is 3. The van der Waals surface area contributed by atoms with Crippen LogP contribution in [0, 0.1) is 5.92 Å². The maximum absolute atomic E-state index is 13.1. The number of hydrogen-bond acceptors (Lipinski definition) is 4. The predicted octanol–water partition coefficient (Wildman–Crippen LogP) is 4.75. The Hall–Kier alpha value is -2.41. The van der Waals surface area contributed by atoms with Gasteiger partial charge in [-0.15, -0.1) is 0 Å². The molecule has 3 N–H and O–H groups in total. The fourth-order valence-corrected chi connectivity index (χ4v) is 3.91. The number of nitrogens with one attached hydrogen (secondary N) is 1. The Balaban J connectivity index is 1.77. The van der Waals surface area contributed by atoms with Crippen LogP contribution in [0.2, 0.25) is 0 Å². The summed E-state index contributed by atoms with van der Waals surface area (Å²) in [6.45, 7) is 0.504. The number of alkyl halides is 3. The van der Waals surface area contributed by atoms with Gasteiger partial charge in [0.15, 0.2) is 11.5 Å². The lowest BCUT2D eigenvalue weighted by Gasteiger charge is -2.43. The molecular formula is C19H18F3NO3. The van der Waals surface area contributed by atoms with Crippen molar-refractivity contribution in [2.75, 3.05) is 11.9 Å². The number of ether oxygens (including phenoxy) is 1. The number of rotatable bonds is 1. The summed E-state index contributed by atoms with van der Waals surface area (Å²) in [7, 11) is 0. The second kappa shape index (κ2) is 6.09. The summed E-state index contributed by atoms with van der Waals surface area (Å²) in [4.78, 5) is 0. The molecule has 0 aliphatic carbocycles. The summed E-state index contributed by atoms with van der Waals surface area (Å²) >= 11 is 0. The van der Waals surface area contributed by atoms with Crippen molar-refractivity contribution in [3.8, 4) is 11.5 Å². The molecule has 0 spiro atoms. The van der Waals surface area contributed by atoms with Crippen molar-refractivity contribution in [2.24, 2.45) is 5.92 Å². The number of phenolic OH excluding ortho intramolecular Hbond substituents is 2. The molecule has 0 bridgehead atoms. The number of aromatic hydroxyl groups is 2. The van der Waals surface area contributed by atoms with Gasteiger partial charge >= 0.3 is 6.18 Å². The Morgan fingerprint density at radius 1 is 1.04 bits per heavy atom. The molecule has 2 aliphatic heterocycles. The highest BCUT2D eigenvalue weighted by Gasteiger charge is 2.41. The van der Waals surface area contributed by atoms with Crippen LogP contribution >= 0.6 is 0 Å². The van der Waals surface area contributed by atoms with Crippen LogP contribution in [0.1, 0.15) is 41.7 Å². The van der Waals surface area contributed by atoms with E-state index < -0.39 is 17.8 Å². The smallest absolute Gasteiger partial charge is 0.416 e. The van der Waals surface area contributed by atoms with Crippen LogP contribution in [0.25, 0.3) is 0 Å². The van der Waals surface area contributed by atoms with Crippen molar-refractivity contribution in [1.29, 1.82) is 0 Å². The molecule has 0 amide bonds. The Bertz CT molecular complexity index is 837. The van der Waals surface area contributed by atoms with E-state index in [4.69, 9.17) is 4.74 Å². The normalized spacial score (nSPS) is 25.1. The SMILES string of the molecule is Oc1ccc([C@@H]2Nc3ccc(C(F)(F)F)cc3[C@H]3OCCC[C@H]32)cc1O. The average molecular weight is 365 g/mol. The number of fused-ring (bicyclic) bond motifs is 3. The van der Waals surface area contributed by atoms with Crippen LogP contribution in [-0.2, 0) is 10.9 Å². The first-order valence-electron chi connectivity index (χ1n) is 8.46. The van der Waals surface area contributed by atoms with E-state index >= 15 is 0 Å². The molecule has 1 saturated heterocycles. The van der Waals surface area contributed by atoms with Gasteiger partial charge in [0.25, 0.3) is 0 Å². The number of halogens is 3. The summed E-state index contributed by atoms with van der Waals surface area (Å²) in [5, 5.41) is 22.6. The number of benzene rings is 2. The van der Waals surface area contributed by atoms with Crippen LogP contribution in [-0.4, -0.2) is 16.8 Å². The Morgan fingerprint density at radius 2 is 1.85 bits per heavy atom. The van der Waals surface area contributed by atoms with Crippen molar-refractivity contribution in [2.45, 2.75) is 31.2 Å². The fourth-order valence-electron chi connectivity index (χ4n) is 3.91. The number of phenols is 2.